The van der Waals surface area contributed by atoms with Crippen LogP contribution in [0.1, 0.15) is 23.2 Å². The minimum Gasteiger partial charge on any atom is -0.496 e. The minimum atomic E-state index is -2.63. The van der Waals surface area contributed by atoms with Gasteiger partial charge in [-0.05, 0) is 12.1 Å². The monoisotopic (exact) mass is 241 g/mol. The molecule has 0 bridgehead atoms. The molecule has 2 rings (SSSR count). The number of halogens is 2. The summed E-state index contributed by atoms with van der Waals surface area (Å²) in [5.41, 5.74) is 0.366. The van der Waals surface area contributed by atoms with Gasteiger partial charge >= 0.3 is 0 Å². The molecule has 92 valence electrons. The number of hydrogen-bond acceptors (Lipinski definition) is 2. The molecule has 0 heterocycles. The van der Waals surface area contributed by atoms with E-state index >= 15 is 0 Å². The zero-order chi connectivity index (χ0) is 12.5. The molecule has 1 aromatic carbocycles. The first kappa shape index (κ1) is 11.8. The van der Waals surface area contributed by atoms with Crippen molar-refractivity contribution in [3.63, 3.8) is 0 Å². The Labute approximate surface area is 97.8 Å². The Morgan fingerprint density at radius 1 is 1.41 bits per heavy atom. The number of amides is 1. The van der Waals surface area contributed by atoms with Crippen molar-refractivity contribution in [1.29, 1.82) is 0 Å². The van der Waals surface area contributed by atoms with Gasteiger partial charge in [-0.3, -0.25) is 4.79 Å². The molecular weight excluding hydrogens is 228 g/mol. The molecule has 1 N–H and O–H groups in total. The number of carbonyl (C=O) groups is 1. The summed E-state index contributed by atoms with van der Waals surface area (Å²) in [6.45, 7) is 0. The number of para-hydroxylation sites is 1. The average molecular weight is 241 g/mol. The minimum absolute atomic E-state index is 0.284. The maximum Gasteiger partial charge on any atom is 0.255 e. The third kappa shape index (κ3) is 2.54. The molecule has 1 aliphatic carbocycles. The Bertz CT molecular complexity index is 426. The van der Waals surface area contributed by atoms with Gasteiger partial charge in [0.25, 0.3) is 11.8 Å². The number of methoxy groups -OCH3 is 1. The molecule has 1 saturated carbocycles. The van der Waals surface area contributed by atoms with Gasteiger partial charge in [-0.2, -0.15) is 0 Å². The number of hydrogen-bond donors (Lipinski definition) is 1. The van der Waals surface area contributed by atoms with Gasteiger partial charge in [0.2, 0.25) is 0 Å². The van der Waals surface area contributed by atoms with E-state index in [2.05, 4.69) is 5.32 Å². The third-order valence-corrected chi connectivity index (χ3v) is 2.78. The van der Waals surface area contributed by atoms with E-state index in [-0.39, 0.29) is 18.7 Å². The van der Waals surface area contributed by atoms with Gasteiger partial charge in [0.15, 0.2) is 0 Å². The number of ether oxygens (including phenoxy) is 1. The van der Waals surface area contributed by atoms with Crippen molar-refractivity contribution in [3.05, 3.63) is 29.8 Å². The fraction of sp³-hybridized carbons (Fsp3) is 0.417. The van der Waals surface area contributed by atoms with Crippen LogP contribution in [0.4, 0.5) is 8.78 Å². The molecular formula is C12H13F2NO2. The van der Waals surface area contributed by atoms with E-state index in [1.807, 2.05) is 0 Å². The highest BCUT2D eigenvalue weighted by molar-refractivity contribution is 5.97. The molecule has 3 nitrogen and oxygen atoms in total. The van der Waals surface area contributed by atoms with Crippen LogP contribution in [-0.2, 0) is 0 Å². The Kier molecular flexibility index (Phi) is 3.00. The molecule has 0 radical (unpaired) electrons. The first-order chi connectivity index (χ1) is 8.02. The maximum atomic E-state index is 12.6. The van der Waals surface area contributed by atoms with Crippen LogP contribution in [0.15, 0.2) is 24.3 Å². The number of carbonyl (C=O) groups excluding carboxylic acids is 1. The van der Waals surface area contributed by atoms with Gasteiger partial charge in [-0.15, -0.1) is 0 Å². The van der Waals surface area contributed by atoms with E-state index in [0.29, 0.717) is 11.3 Å². The molecule has 1 aliphatic rings. The molecule has 5 heteroatoms. The van der Waals surface area contributed by atoms with E-state index in [0.717, 1.165) is 0 Å². The summed E-state index contributed by atoms with van der Waals surface area (Å²) in [6.07, 6.45) is -0.568. The topological polar surface area (TPSA) is 38.3 Å². The second-order valence-corrected chi connectivity index (χ2v) is 4.13. The Hall–Kier alpha value is -1.65. The van der Waals surface area contributed by atoms with Crippen molar-refractivity contribution in [2.24, 2.45) is 0 Å². The van der Waals surface area contributed by atoms with Crippen LogP contribution < -0.4 is 10.1 Å². The van der Waals surface area contributed by atoms with Crippen LogP contribution in [0.5, 0.6) is 5.75 Å². The highest BCUT2D eigenvalue weighted by Gasteiger charge is 2.46. The third-order valence-electron chi connectivity index (χ3n) is 2.78. The van der Waals surface area contributed by atoms with E-state index in [1.165, 1.54) is 7.11 Å². The van der Waals surface area contributed by atoms with Crippen molar-refractivity contribution < 1.29 is 18.3 Å². The fourth-order valence-corrected chi connectivity index (χ4v) is 1.86. The molecule has 0 spiro atoms. The lowest BCUT2D eigenvalue weighted by Crippen LogP contribution is -2.50. The zero-order valence-electron chi connectivity index (χ0n) is 9.37. The van der Waals surface area contributed by atoms with Gasteiger partial charge < -0.3 is 10.1 Å². The smallest absolute Gasteiger partial charge is 0.255 e. The zero-order valence-corrected chi connectivity index (χ0v) is 9.37. The Morgan fingerprint density at radius 3 is 2.65 bits per heavy atom. The van der Waals surface area contributed by atoms with Gasteiger partial charge in [0.1, 0.15) is 5.75 Å². The summed E-state index contributed by atoms with van der Waals surface area (Å²) in [7, 11) is 1.46. The second kappa shape index (κ2) is 4.31. The average Bonchev–Trinajstić information content (AvgIpc) is 2.26. The molecule has 0 saturated heterocycles. The number of benzene rings is 1. The predicted octanol–water partition coefficient (Wildman–Crippen LogP) is 2.22. The van der Waals surface area contributed by atoms with Crippen LogP contribution in [0.3, 0.4) is 0 Å². The highest BCUT2D eigenvalue weighted by atomic mass is 19.3. The Balaban J connectivity index is 2.01. The van der Waals surface area contributed by atoms with E-state index < -0.39 is 12.0 Å². The van der Waals surface area contributed by atoms with Crippen LogP contribution in [0.2, 0.25) is 0 Å². The number of rotatable bonds is 3. The number of alkyl halides is 2. The van der Waals surface area contributed by atoms with Crippen molar-refractivity contribution in [3.8, 4) is 5.75 Å². The first-order valence-electron chi connectivity index (χ1n) is 5.33. The normalized spacial score (nSPS) is 18.3. The van der Waals surface area contributed by atoms with Gasteiger partial charge in [-0.1, -0.05) is 12.1 Å². The van der Waals surface area contributed by atoms with E-state index in [9.17, 15) is 13.6 Å². The van der Waals surface area contributed by atoms with Crippen molar-refractivity contribution in [2.75, 3.05) is 7.11 Å². The molecule has 0 unspecified atom stereocenters. The van der Waals surface area contributed by atoms with Gasteiger partial charge in [0, 0.05) is 18.9 Å². The molecule has 1 fully saturated rings. The molecule has 0 aromatic heterocycles. The summed E-state index contributed by atoms with van der Waals surface area (Å²) < 4.78 is 30.3. The summed E-state index contributed by atoms with van der Waals surface area (Å²) >= 11 is 0. The van der Waals surface area contributed by atoms with E-state index in [4.69, 9.17) is 4.74 Å². The van der Waals surface area contributed by atoms with Gasteiger partial charge in [0.05, 0.1) is 12.7 Å². The van der Waals surface area contributed by atoms with Crippen molar-refractivity contribution in [2.45, 2.75) is 24.8 Å². The quantitative estimate of drug-likeness (QED) is 0.881. The lowest BCUT2D eigenvalue weighted by molar-refractivity contribution is -0.0901. The van der Waals surface area contributed by atoms with Crippen molar-refractivity contribution in [1.82, 2.24) is 5.32 Å². The number of nitrogens with one attached hydrogen (secondary N) is 1. The maximum absolute atomic E-state index is 12.6. The van der Waals surface area contributed by atoms with Crippen molar-refractivity contribution >= 4 is 5.91 Å². The molecule has 0 aliphatic heterocycles. The standard InChI is InChI=1S/C12H13F2NO2/c1-17-10-5-3-2-4-9(10)11(16)15-8-6-12(13,14)7-8/h2-5,8H,6-7H2,1H3,(H,15,16). The Morgan fingerprint density at radius 2 is 2.06 bits per heavy atom. The molecule has 1 aromatic rings. The predicted molar refractivity (Wildman–Crippen MR) is 58.4 cm³/mol. The molecule has 1 amide bonds. The summed E-state index contributed by atoms with van der Waals surface area (Å²) in [6, 6.07) is 6.26. The lowest BCUT2D eigenvalue weighted by atomic mass is 9.88. The first-order valence-corrected chi connectivity index (χ1v) is 5.33. The summed E-state index contributed by atoms with van der Waals surface area (Å²) in [4.78, 5) is 11.8. The summed E-state index contributed by atoms with van der Waals surface area (Å²) in [5, 5.41) is 2.56. The van der Waals surface area contributed by atoms with Crippen LogP contribution in [0.25, 0.3) is 0 Å². The lowest BCUT2D eigenvalue weighted by Gasteiger charge is -2.35. The second-order valence-electron chi connectivity index (χ2n) is 4.13. The largest absolute Gasteiger partial charge is 0.496 e. The molecule has 0 atom stereocenters. The van der Waals surface area contributed by atoms with Gasteiger partial charge in [-0.25, -0.2) is 8.78 Å². The molecule has 17 heavy (non-hydrogen) atoms. The SMILES string of the molecule is COc1ccccc1C(=O)NC1CC(F)(F)C1. The highest BCUT2D eigenvalue weighted by Crippen LogP contribution is 2.37. The summed E-state index contributed by atoms with van der Waals surface area (Å²) in [5.74, 6) is -2.56. The van der Waals surface area contributed by atoms with Crippen LogP contribution >= 0.6 is 0 Å². The fourth-order valence-electron chi connectivity index (χ4n) is 1.86. The van der Waals surface area contributed by atoms with Crippen LogP contribution in [-0.4, -0.2) is 25.0 Å². The van der Waals surface area contributed by atoms with Crippen LogP contribution in [0, 0.1) is 0 Å². The van der Waals surface area contributed by atoms with E-state index in [1.54, 1.807) is 24.3 Å².